The highest BCUT2D eigenvalue weighted by atomic mass is 19.1. The zero-order chi connectivity index (χ0) is 18.8. The SMILES string of the molecule is Cc1ccc(F)c(C2=CC3COCC(C2)N3C(=O)OCc2ccccc2)c1. The van der Waals surface area contributed by atoms with Crippen LogP contribution in [0.1, 0.15) is 23.1 Å². The molecule has 0 saturated carbocycles. The van der Waals surface area contributed by atoms with Crippen LogP contribution in [0.5, 0.6) is 0 Å². The minimum absolute atomic E-state index is 0.146. The number of aryl methyl sites for hydroxylation is 1. The molecule has 2 bridgehead atoms. The molecule has 1 fully saturated rings. The lowest BCUT2D eigenvalue weighted by molar-refractivity contribution is -0.0342. The van der Waals surface area contributed by atoms with Crippen LogP contribution in [0.2, 0.25) is 0 Å². The third kappa shape index (κ3) is 3.74. The number of amides is 1. The molecule has 0 radical (unpaired) electrons. The van der Waals surface area contributed by atoms with Crippen molar-refractivity contribution >= 4 is 11.7 Å². The first-order valence-corrected chi connectivity index (χ1v) is 9.16. The largest absolute Gasteiger partial charge is 0.445 e. The summed E-state index contributed by atoms with van der Waals surface area (Å²) in [6.45, 7) is 3.01. The summed E-state index contributed by atoms with van der Waals surface area (Å²) in [4.78, 5) is 14.4. The average Bonchev–Trinajstić information content (AvgIpc) is 2.68. The smallest absolute Gasteiger partial charge is 0.411 e. The molecule has 0 spiro atoms. The van der Waals surface area contributed by atoms with E-state index in [0.29, 0.717) is 25.2 Å². The summed E-state index contributed by atoms with van der Waals surface area (Å²) in [6, 6.07) is 14.3. The molecule has 4 rings (SSSR count). The Balaban J connectivity index is 1.53. The van der Waals surface area contributed by atoms with Crippen LogP contribution in [0, 0.1) is 12.7 Å². The Kier molecular flexibility index (Phi) is 4.94. The quantitative estimate of drug-likeness (QED) is 0.811. The van der Waals surface area contributed by atoms with Gasteiger partial charge in [0.05, 0.1) is 25.3 Å². The molecule has 140 valence electrons. The van der Waals surface area contributed by atoms with Crippen LogP contribution in [0.25, 0.3) is 5.57 Å². The van der Waals surface area contributed by atoms with Gasteiger partial charge >= 0.3 is 6.09 Å². The lowest BCUT2D eigenvalue weighted by atomic mass is 9.89. The van der Waals surface area contributed by atoms with Gasteiger partial charge in [0.15, 0.2) is 0 Å². The van der Waals surface area contributed by atoms with Gasteiger partial charge < -0.3 is 9.47 Å². The summed E-state index contributed by atoms with van der Waals surface area (Å²) >= 11 is 0. The minimum atomic E-state index is -0.350. The molecule has 2 unspecified atom stereocenters. The zero-order valence-electron chi connectivity index (χ0n) is 15.2. The van der Waals surface area contributed by atoms with Gasteiger partial charge in [-0.05, 0) is 36.6 Å². The maximum Gasteiger partial charge on any atom is 0.411 e. The Bertz CT molecular complexity index is 865. The fraction of sp³-hybridized carbons (Fsp3) is 0.318. The summed E-state index contributed by atoms with van der Waals surface area (Å²) in [6.07, 6.45) is 2.14. The standard InChI is InChI=1S/C22H22FNO3/c1-15-7-8-21(23)20(9-15)17-10-18-13-26-14-19(11-17)24(18)22(25)27-12-16-5-3-2-4-6-16/h2-10,18-19H,11-14H2,1H3. The number of carbonyl (C=O) groups excluding carboxylic acids is 1. The van der Waals surface area contributed by atoms with Crippen LogP contribution in [0.15, 0.2) is 54.6 Å². The van der Waals surface area contributed by atoms with Crippen molar-refractivity contribution < 1.29 is 18.7 Å². The normalized spacial score (nSPS) is 21.6. The van der Waals surface area contributed by atoms with Gasteiger partial charge in [-0.2, -0.15) is 0 Å². The maximum absolute atomic E-state index is 14.3. The predicted octanol–water partition coefficient (Wildman–Crippen LogP) is 4.33. The first-order valence-electron chi connectivity index (χ1n) is 9.16. The second kappa shape index (κ2) is 7.53. The highest BCUT2D eigenvalue weighted by molar-refractivity contribution is 5.75. The number of carbonyl (C=O) groups is 1. The number of hydrogen-bond acceptors (Lipinski definition) is 3. The number of ether oxygens (including phenoxy) is 2. The zero-order valence-corrected chi connectivity index (χ0v) is 15.2. The molecule has 1 amide bonds. The van der Waals surface area contributed by atoms with E-state index < -0.39 is 0 Å². The Morgan fingerprint density at radius 2 is 2.04 bits per heavy atom. The fourth-order valence-electron chi connectivity index (χ4n) is 3.76. The van der Waals surface area contributed by atoms with Gasteiger partial charge in [-0.25, -0.2) is 9.18 Å². The highest BCUT2D eigenvalue weighted by Crippen LogP contribution is 2.34. The van der Waals surface area contributed by atoms with Crippen LogP contribution in [-0.4, -0.2) is 36.3 Å². The van der Waals surface area contributed by atoms with E-state index in [1.807, 2.05) is 49.4 Å². The van der Waals surface area contributed by atoms with E-state index in [2.05, 4.69) is 0 Å². The van der Waals surface area contributed by atoms with Crippen molar-refractivity contribution in [3.8, 4) is 0 Å². The van der Waals surface area contributed by atoms with Crippen molar-refractivity contribution in [2.75, 3.05) is 13.2 Å². The molecule has 27 heavy (non-hydrogen) atoms. The van der Waals surface area contributed by atoms with Gasteiger partial charge in [-0.1, -0.05) is 48.0 Å². The van der Waals surface area contributed by atoms with Crippen molar-refractivity contribution in [1.82, 2.24) is 4.90 Å². The van der Waals surface area contributed by atoms with Crippen LogP contribution >= 0.6 is 0 Å². The lowest BCUT2D eigenvalue weighted by Crippen LogP contribution is -2.56. The summed E-state index contributed by atoms with van der Waals surface area (Å²) in [5.41, 5.74) is 3.51. The Morgan fingerprint density at radius 1 is 1.22 bits per heavy atom. The molecule has 2 heterocycles. The number of morpholine rings is 1. The van der Waals surface area contributed by atoms with Crippen LogP contribution in [0.4, 0.5) is 9.18 Å². The monoisotopic (exact) mass is 367 g/mol. The lowest BCUT2D eigenvalue weighted by Gasteiger charge is -2.43. The first-order chi connectivity index (χ1) is 13.1. The van der Waals surface area contributed by atoms with Crippen molar-refractivity contribution in [2.45, 2.75) is 32.0 Å². The van der Waals surface area contributed by atoms with Crippen molar-refractivity contribution in [1.29, 1.82) is 0 Å². The molecule has 5 heteroatoms. The molecule has 2 aliphatic rings. The van der Waals surface area contributed by atoms with E-state index in [1.54, 1.807) is 11.0 Å². The molecular weight excluding hydrogens is 345 g/mol. The average molecular weight is 367 g/mol. The number of hydrogen-bond donors (Lipinski definition) is 0. The summed E-state index contributed by atoms with van der Waals surface area (Å²) in [5.74, 6) is -0.231. The van der Waals surface area contributed by atoms with Crippen LogP contribution in [-0.2, 0) is 16.1 Å². The summed E-state index contributed by atoms with van der Waals surface area (Å²) in [5, 5.41) is 0. The highest BCUT2D eigenvalue weighted by Gasteiger charge is 2.39. The molecule has 1 saturated heterocycles. The van der Waals surface area contributed by atoms with Gasteiger partial charge in [0.2, 0.25) is 0 Å². The van der Waals surface area contributed by atoms with E-state index >= 15 is 0 Å². The minimum Gasteiger partial charge on any atom is -0.445 e. The number of rotatable bonds is 3. The third-order valence-electron chi connectivity index (χ3n) is 5.08. The number of nitrogens with zero attached hydrogens (tertiary/aromatic N) is 1. The summed E-state index contributed by atoms with van der Waals surface area (Å²) < 4.78 is 25.5. The van der Waals surface area contributed by atoms with Crippen molar-refractivity contribution in [2.24, 2.45) is 0 Å². The topological polar surface area (TPSA) is 38.8 Å². The third-order valence-corrected chi connectivity index (χ3v) is 5.08. The van der Waals surface area contributed by atoms with Gasteiger partial charge in [-0.3, -0.25) is 4.90 Å². The molecule has 2 aliphatic heterocycles. The van der Waals surface area contributed by atoms with E-state index in [-0.39, 0.29) is 30.6 Å². The van der Waals surface area contributed by atoms with E-state index in [9.17, 15) is 9.18 Å². The van der Waals surface area contributed by atoms with Gasteiger partial charge in [0, 0.05) is 5.56 Å². The van der Waals surface area contributed by atoms with Crippen LogP contribution < -0.4 is 0 Å². The van der Waals surface area contributed by atoms with Gasteiger partial charge in [-0.15, -0.1) is 0 Å². The van der Waals surface area contributed by atoms with Crippen molar-refractivity contribution in [3.63, 3.8) is 0 Å². The number of fused-ring (bicyclic) bond motifs is 2. The second-order valence-electron chi connectivity index (χ2n) is 7.09. The van der Waals surface area contributed by atoms with Gasteiger partial charge in [0.1, 0.15) is 12.4 Å². The summed E-state index contributed by atoms with van der Waals surface area (Å²) in [7, 11) is 0. The first kappa shape index (κ1) is 17.7. The van der Waals surface area contributed by atoms with E-state index in [4.69, 9.17) is 9.47 Å². The molecule has 0 aromatic heterocycles. The van der Waals surface area contributed by atoms with Crippen molar-refractivity contribution in [3.05, 3.63) is 77.1 Å². The van der Waals surface area contributed by atoms with E-state index in [1.165, 1.54) is 6.07 Å². The molecule has 4 nitrogen and oxygen atoms in total. The Morgan fingerprint density at radius 3 is 2.81 bits per heavy atom. The Labute approximate surface area is 158 Å². The predicted molar refractivity (Wildman–Crippen MR) is 101 cm³/mol. The van der Waals surface area contributed by atoms with E-state index in [0.717, 1.165) is 16.7 Å². The molecule has 2 aromatic carbocycles. The maximum atomic E-state index is 14.3. The van der Waals surface area contributed by atoms with Crippen LogP contribution in [0.3, 0.4) is 0 Å². The molecule has 0 N–H and O–H groups in total. The molecule has 2 atom stereocenters. The van der Waals surface area contributed by atoms with Gasteiger partial charge in [0.25, 0.3) is 0 Å². The molecule has 0 aliphatic carbocycles. The fourth-order valence-corrected chi connectivity index (χ4v) is 3.76. The number of halogens is 1. The molecular formula is C22H22FNO3. The second-order valence-corrected chi connectivity index (χ2v) is 7.09. The number of benzene rings is 2. The Hall–Kier alpha value is -2.66. The molecule has 2 aromatic rings.